The molecule has 0 bridgehead atoms. The van der Waals surface area contributed by atoms with Crippen LogP contribution in [-0.4, -0.2) is 22.6 Å². The van der Waals surface area contributed by atoms with Gasteiger partial charge >= 0.3 is 5.97 Å². The summed E-state index contributed by atoms with van der Waals surface area (Å²) in [5.41, 5.74) is 2.56. The Balaban J connectivity index is 1.74. The van der Waals surface area contributed by atoms with E-state index in [1.807, 2.05) is 6.07 Å². The fourth-order valence-electron chi connectivity index (χ4n) is 3.40. The average molecular weight is 354 g/mol. The number of ether oxygens (including phenoxy) is 1. The Morgan fingerprint density at radius 1 is 1.32 bits per heavy atom. The summed E-state index contributed by atoms with van der Waals surface area (Å²) in [6.45, 7) is 0.386. The van der Waals surface area contributed by atoms with Gasteiger partial charge < -0.3 is 4.74 Å². The van der Waals surface area contributed by atoms with Gasteiger partial charge in [0.05, 0.1) is 30.9 Å². The van der Waals surface area contributed by atoms with E-state index in [4.69, 9.17) is 4.74 Å². The summed E-state index contributed by atoms with van der Waals surface area (Å²) in [6.07, 6.45) is 5.95. The number of nitrogens with zero attached hydrogens (tertiary/aromatic N) is 2. The maximum Gasteiger partial charge on any atom is 0.337 e. The van der Waals surface area contributed by atoms with Crippen LogP contribution in [0, 0.1) is 0 Å². The molecule has 6 heteroatoms. The predicted octanol–water partition coefficient (Wildman–Crippen LogP) is 3.17. The van der Waals surface area contributed by atoms with E-state index in [2.05, 4.69) is 4.98 Å². The molecule has 0 saturated carbocycles. The van der Waals surface area contributed by atoms with Crippen molar-refractivity contribution < 1.29 is 9.53 Å². The van der Waals surface area contributed by atoms with Gasteiger partial charge in [-0.1, -0.05) is 12.1 Å². The Labute approximate surface area is 148 Å². The molecule has 5 nitrogen and oxygen atoms in total. The van der Waals surface area contributed by atoms with Crippen molar-refractivity contribution in [1.29, 1.82) is 0 Å². The highest BCUT2D eigenvalue weighted by molar-refractivity contribution is 7.18. The third kappa shape index (κ3) is 2.87. The minimum absolute atomic E-state index is 0.00729. The number of hydrogen-bond acceptors (Lipinski definition) is 5. The number of fused-ring (bicyclic) bond motifs is 3. The summed E-state index contributed by atoms with van der Waals surface area (Å²) in [5.74, 6) is -0.380. The van der Waals surface area contributed by atoms with Crippen molar-refractivity contribution >= 4 is 27.5 Å². The predicted molar refractivity (Wildman–Crippen MR) is 97.4 cm³/mol. The van der Waals surface area contributed by atoms with Crippen LogP contribution in [0.2, 0.25) is 0 Å². The normalized spacial score (nSPS) is 13.6. The first-order valence-corrected chi connectivity index (χ1v) is 9.16. The molecule has 1 aliphatic carbocycles. The van der Waals surface area contributed by atoms with Crippen LogP contribution in [0.4, 0.5) is 0 Å². The molecule has 2 aromatic heterocycles. The number of methoxy groups -OCH3 is 1. The molecule has 0 fully saturated rings. The third-order valence-electron chi connectivity index (χ3n) is 4.64. The lowest BCUT2D eigenvalue weighted by Gasteiger charge is -2.11. The molecule has 0 unspecified atom stereocenters. The number of aryl methyl sites for hydroxylation is 2. The van der Waals surface area contributed by atoms with Gasteiger partial charge in [-0.15, -0.1) is 11.3 Å². The van der Waals surface area contributed by atoms with Crippen LogP contribution in [0.5, 0.6) is 0 Å². The van der Waals surface area contributed by atoms with Gasteiger partial charge in [0.2, 0.25) is 0 Å². The summed E-state index contributed by atoms with van der Waals surface area (Å²) < 4.78 is 6.38. The van der Waals surface area contributed by atoms with Crippen molar-refractivity contribution in [3.8, 4) is 0 Å². The zero-order valence-corrected chi connectivity index (χ0v) is 14.8. The van der Waals surface area contributed by atoms with Crippen LogP contribution in [0.3, 0.4) is 0 Å². The van der Waals surface area contributed by atoms with Crippen molar-refractivity contribution in [2.75, 3.05) is 7.11 Å². The van der Waals surface area contributed by atoms with E-state index >= 15 is 0 Å². The highest BCUT2D eigenvalue weighted by Gasteiger charge is 2.20. The molecule has 0 aliphatic heterocycles. The summed E-state index contributed by atoms with van der Waals surface area (Å²) in [5, 5.41) is 0.784. The quantitative estimate of drug-likeness (QED) is 0.678. The number of carbonyl (C=O) groups is 1. The molecule has 0 atom stereocenters. The van der Waals surface area contributed by atoms with Gasteiger partial charge in [-0.25, -0.2) is 9.78 Å². The SMILES string of the molecule is COC(=O)c1cccc(Cn2cnc3sc4c(c3c2=O)CCCC4)c1. The maximum absolute atomic E-state index is 13.0. The second-order valence-electron chi connectivity index (χ2n) is 6.26. The van der Waals surface area contributed by atoms with Gasteiger partial charge in [-0.3, -0.25) is 9.36 Å². The molecule has 3 aromatic rings. The van der Waals surface area contributed by atoms with Crippen LogP contribution in [0.25, 0.3) is 10.2 Å². The number of thiophene rings is 1. The Hall–Kier alpha value is -2.47. The van der Waals surface area contributed by atoms with Crippen molar-refractivity contribution in [2.45, 2.75) is 32.2 Å². The second-order valence-corrected chi connectivity index (χ2v) is 7.34. The Kier molecular flexibility index (Phi) is 4.13. The fraction of sp³-hybridized carbons (Fsp3) is 0.316. The van der Waals surface area contributed by atoms with Crippen LogP contribution < -0.4 is 5.56 Å². The zero-order chi connectivity index (χ0) is 17.4. The Bertz CT molecular complexity index is 1020. The molecule has 0 radical (unpaired) electrons. The molecule has 25 heavy (non-hydrogen) atoms. The molecule has 4 rings (SSSR count). The number of esters is 1. The monoisotopic (exact) mass is 354 g/mol. The molecule has 128 valence electrons. The lowest BCUT2D eigenvalue weighted by atomic mass is 9.97. The first-order chi connectivity index (χ1) is 12.2. The molecular weight excluding hydrogens is 336 g/mol. The summed E-state index contributed by atoms with van der Waals surface area (Å²) in [4.78, 5) is 31.3. The van der Waals surface area contributed by atoms with E-state index in [-0.39, 0.29) is 11.5 Å². The molecule has 0 spiro atoms. The van der Waals surface area contributed by atoms with Gasteiger partial charge in [0, 0.05) is 4.88 Å². The lowest BCUT2D eigenvalue weighted by Crippen LogP contribution is -2.21. The van der Waals surface area contributed by atoms with Gasteiger partial charge in [-0.05, 0) is 48.9 Å². The average Bonchev–Trinajstić information content (AvgIpc) is 3.03. The van der Waals surface area contributed by atoms with E-state index in [1.54, 1.807) is 40.4 Å². The summed E-state index contributed by atoms with van der Waals surface area (Å²) >= 11 is 1.65. The standard InChI is InChI=1S/C19H18N2O3S/c1-24-19(23)13-6-4-5-12(9-13)10-21-11-20-17-16(18(21)22)14-7-2-3-8-15(14)25-17/h4-6,9,11H,2-3,7-8,10H2,1H3. The van der Waals surface area contributed by atoms with Gasteiger partial charge in [0.1, 0.15) is 4.83 Å². The highest BCUT2D eigenvalue weighted by atomic mass is 32.1. The number of aromatic nitrogens is 2. The van der Waals surface area contributed by atoms with Crippen LogP contribution >= 0.6 is 11.3 Å². The number of rotatable bonds is 3. The third-order valence-corrected chi connectivity index (χ3v) is 5.84. The van der Waals surface area contributed by atoms with Gasteiger partial charge in [0.25, 0.3) is 5.56 Å². The Morgan fingerprint density at radius 2 is 2.16 bits per heavy atom. The van der Waals surface area contributed by atoms with E-state index in [1.165, 1.54) is 24.0 Å². The lowest BCUT2D eigenvalue weighted by molar-refractivity contribution is 0.0600. The van der Waals surface area contributed by atoms with Crippen LogP contribution in [0.1, 0.15) is 39.2 Å². The van der Waals surface area contributed by atoms with E-state index in [0.717, 1.165) is 35.0 Å². The van der Waals surface area contributed by atoms with E-state index in [9.17, 15) is 9.59 Å². The summed E-state index contributed by atoms with van der Waals surface area (Å²) in [6, 6.07) is 7.15. The molecular formula is C19H18N2O3S. The molecule has 2 heterocycles. The second kappa shape index (κ2) is 6.44. The number of benzene rings is 1. The van der Waals surface area contributed by atoms with E-state index in [0.29, 0.717) is 12.1 Å². The smallest absolute Gasteiger partial charge is 0.337 e. The molecule has 0 N–H and O–H groups in total. The number of carbonyl (C=O) groups excluding carboxylic acids is 1. The zero-order valence-electron chi connectivity index (χ0n) is 13.9. The maximum atomic E-state index is 13.0. The van der Waals surface area contributed by atoms with Gasteiger partial charge in [0.15, 0.2) is 0 Å². The van der Waals surface area contributed by atoms with Crippen LogP contribution in [-0.2, 0) is 24.1 Å². The molecule has 0 amide bonds. The van der Waals surface area contributed by atoms with Crippen LogP contribution in [0.15, 0.2) is 35.4 Å². The minimum Gasteiger partial charge on any atom is -0.465 e. The van der Waals surface area contributed by atoms with Crippen molar-refractivity contribution in [2.24, 2.45) is 0 Å². The Morgan fingerprint density at radius 3 is 3.00 bits per heavy atom. The largest absolute Gasteiger partial charge is 0.465 e. The highest BCUT2D eigenvalue weighted by Crippen LogP contribution is 2.33. The molecule has 1 aliphatic rings. The number of hydrogen-bond donors (Lipinski definition) is 0. The first-order valence-electron chi connectivity index (χ1n) is 8.34. The van der Waals surface area contributed by atoms with Crippen molar-refractivity contribution in [1.82, 2.24) is 9.55 Å². The summed E-state index contributed by atoms with van der Waals surface area (Å²) in [7, 11) is 1.36. The molecule has 0 saturated heterocycles. The minimum atomic E-state index is -0.380. The van der Waals surface area contributed by atoms with Crippen molar-refractivity contribution in [3.63, 3.8) is 0 Å². The topological polar surface area (TPSA) is 61.2 Å². The molecule has 1 aromatic carbocycles. The van der Waals surface area contributed by atoms with Crippen molar-refractivity contribution in [3.05, 3.63) is 62.5 Å². The van der Waals surface area contributed by atoms with Gasteiger partial charge in [-0.2, -0.15) is 0 Å². The first kappa shape index (κ1) is 16.0. The fourth-order valence-corrected chi connectivity index (χ4v) is 4.62. The van der Waals surface area contributed by atoms with E-state index < -0.39 is 0 Å².